The fourth-order valence-corrected chi connectivity index (χ4v) is 6.64. The van der Waals surface area contributed by atoms with Gasteiger partial charge in [0.15, 0.2) is 0 Å². The molecule has 6 atom stereocenters. The number of carbonyl (C=O) groups is 2. The summed E-state index contributed by atoms with van der Waals surface area (Å²) >= 11 is 0. The van der Waals surface area contributed by atoms with Gasteiger partial charge in [-0.3, -0.25) is 10.1 Å². The lowest BCUT2D eigenvalue weighted by atomic mass is 9.46. The van der Waals surface area contributed by atoms with Gasteiger partial charge in [-0.05, 0) is 67.6 Å². The highest BCUT2D eigenvalue weighted by Crippen LogP contribution is 2.62. The standard InChI is InChI=1S/C27H33NO8/c1-16-4-9-22-26(2,12-10-23(30)27(22,3)15-29)20(16)14-21(19-11-13-35-25(19)32)36-24(31)17-5-7-18(8-6-17)28(33)34/h5-8,11,20-23,29-30H,1,4,9-10,12-15H2,2-3H3/t20-,21?,22+,23-,26+,27+/m1/s1. The van der Waals surface area contributed by atoms with E-state index >= 15 is 0 Å². The molecule has 4 rings (SSSR count). The van der Waals surface area contributed by atoms with Crippen molar-refractivity contribution in [3.8, 4) is 0 Å². The Labute approximate surface area is 209 Å². The van der Waals surface area contributed by atoms with Crippen LogP contribution in [0.15, 0.2) is 48.1 Å². The summed E-state index contributed by atoms with van der Waals surface area (Å²) < 4.78 is 11.0. The highest BCUT2D eigenvalue weighted by molar-refractivity contribution is 5.94. The molecule has 0 amide bonds. The fraction of sp³-hybridized carbons (Fsp3) is 0.556. The van der Waals surface area contributed by atoms with Gasteiger partial charge in [0, 0.05) is 17.5 Å². The lowest BCUT2D eigenvalue weighted by molar-refractivity contribution is -0.384. The summed E-state index contributed by atoms with van der Waals surface area (Å²) in [4.78, 5) is 35.9. The van der Waals surface area contributed by atoms with Crippen molar-refractivity contribution in [3.05, 3.63) is 63.7 Å². The number of aliphatic hydroxyl groups is 2. The minimum atomic E-state index is -0.896. The molecule has 0 spiro atoms. The van der Waals surface area contributed by atoms with Crippen LogP contribution in [0, 0.1) is 32.8 Å². The molecule has 2 fully saturated rings. The molecule has 2 aliphatic carbocycles. The summed E-state index contributed by atoms with van der Waals surface area (Å²) in [5, 5.41) is 32.0. The normalized spacial score (nSPS) is 32.8. The first-order valence-electron chi connectivity index (χ1n) is 12.3. The second-order valence-corrected chi connectivity index (χ2v) is 10.7. The van der Waals surface area contributed by atoms with E-state index in [9.17, 15) is 29.9 Å². The van der Waals surface area contributed by atoms with Crippen LogP contribution >= 0.6 is 0 Å². The lowest BCUT2D eigenvalue weighted by Crippen LogP contribution is -2.57. The SMILES string of the molecule is C=C1CC[C@@H]2[C@](C)(CO)[C@H](O)CC[C@@]2(C)[C@@H]1CC(OC(=O)c1ccc([N+](=O)[O-])cc1)C1=CCOC1=O. The molecule has 0 radical (unpaired) electrons. The van der Waals surface area contributed by atoms with Crippen molar-refractivity contribution in [1.82, 2.24) is 0 Å². The molecule has 2 N–H and O–H groups in total. The quantitative estimate of drug-likeness (QED) is 0.251. The van der Waals surface area contributed by atoms with Crippen LogP contribution in [0.5, 0.6) is 0 Å². The van der Waals surface area contributed by atoms with Gasteiger partial charge in [0.1, 0.15) is 12.7 Å². The number of rotatable bonds is 7. The molecule has 0 aromatic heterocycles. The maximum absolute atomic E-state index is 13.0. The predicted molar refractivity (Wildman–Crippen MR) is 130 cm³/mol. The number of allylic oxidation sites excluding steroid dienone is 1. The number of nitro benzene ring substituents is 1. The number of esters is 2. The molecule has 1 aromatic rings. The number of hydrogen-bond acceptors (Lipinski definition) is 8. The topological polar surface area (TPSA) is 136 Å². The molecule has 3 aliphatic rings. The zero-order valence-corrected chi connectivity index (χ0v) is 20.6. The summed E-state index contributed by atoms with van der Waals surface area (Å²) in [6.07, 6.45) is 3.16. The van der Waals surface area contributed by atoms with E-state index in [4.69, 9.17) is 9.47 Å². The number of cyclic esters (lactones) is 1. The Bertz CT molecular complexity index is 1100. The molecule has 0 saturated heterocycles. The van der Waals surface area contributed by atoms with Gasteiger partial charge in [-0.1, -0.05) is 26.0 Å². The molecular weight excluding hydrogens is 466 g/mol. The third-order valence-corrected chi connectivity index (χ3v) is 8.81. The van der Waals surface area contributed by atoms with Gasteiger partial charge in [0.25, 0.3) is 5.69 Å². The number of nitrogens with zero attached hydrogens (tertiary/aromatic N) is 1. The fourth-order valence-electron chi connectivity index (χ4n) is 6.64. The van der Waals surface area contributed by atoms with Gasteiger partial charge in [-0.2, -0.15) is 0 Å². The Morgan fingerprint density at radius 2 is 2.00 bits per heavy atom. The zero-order chi connectivity index (χ0) is 26.3. The van der Waals surface area contributed by atoms with E-state index in [0.29, 0.717) is 25.7 Å². The summed E-state index contributed by atoms with van der Waals surface area (Å²) in [5.41, 5.74) is 0.264. The van der Waals surface area contributed by atoms with Crippen molar-refractivity contribution in [2.45, 2.75) is 58.2 Å². The van der Waals surface area contributed by atoms with E-state index in [1.165, 1.54) is 24.3 Å². The van der Waals surface area contributed by atoms with Crippen molar-refractivity contribution < 1.29 is 34.2 Å². The van der Waals surface area contributed by atoms with Crippen molar-refractivity contribution in [2.75, 3.05) is 13.2 Å². The smallest absolute Gasteiger partial charge is 0.338 e. The minimum absolute atomic E-state index is 0.0183. The van der Waals surface area contributed by atoms with Gasteiger partial charge in [0.2, 0.25) is 0 Å². The average molecular weight is 500 g/mol. The third kappa shape index (κ3) is 4.46. The number of fused-ring (bicyclic) bond motifs is 1. The van der Waals surface area contributed by atoms with Crippen LogP contribution in [-0.4, -0.2) is 52.5 Å². The average Bonchev–Trinajstić information content (AvgIpc) is 3.29. The first-order chi connectivity index (χ1) is 17.0. The summed E-state index contributed by atoms with van der Waals surface area (Å²) in [7, 11) is 0. The molecule has 2 saturated carbocycles. The van der Waals surface area contributed by atoms with E-state index in [2.05, 4.69) is 13.5 Å². The summed E-state index contributed by atoms with van der Waals surface area (Å²) in [5.74, 6) is -1.35. The molecule has 1 aromatic carbocycles. The number of carbonyl (C=O) groups excluding carboxylic acids is 2. The molecule has 9 nitrogen and oxygen atoms in total. The Balaban J connectivity index is 1.63. The molecule has 194 valence electrons. The lowest BCUT2D eigenvalue weighted by Gasteiger charge is -2.60. The van der Waals surface area contributed by atoms with Crippen LogP contribution in [0.25, 0.3) is 0 Å². The van der Waals surface area contributed by atoms with Crippen LogP contribution in [0.4, 0.5) is 5.69 Å². The first kappa shape index (κ1) is 26.0. The zero-order valence-electron chi connectivity index (χ0n) is 20.6. The van der Waals surface area contributed by atoms with Crippen molar-refractivity contribution in [3.63, 3.8) is 0 Å². The Morgan fingerprint density at radius 3 is 2.58 bits per heavy atom. The minimum Gasteiger partial charge on any atom is -0.458 e. The Morgan fingerprint density at radius 1 is 1.31 bits per heavy atom. The van der Waals surface area contributed by atoms with Gasteiger partial charge in [0.05, 0.1) is 28.8 Å². The van der Waals surface area contributed by atoms with Crippen LogP contribution < -0.4 is 0 Å². The van der Waals surface area contributed by atoms with Crippen LogP contribution in [0.3, 0.4) is 0 Å². The molecule has 9 heteroatoms. The van der Waals surface area contributed by atoms with Gasteiger partial charge >= 0.3 is 11.9 Å². The van der Waals surface area contributed by atoms with Crippen LogP contribution in [-0.2, 0) is 14.3 Å². The first-order valence-corrected chi connectivity index (χ1v) is 12.3. The van der Waals surface area contributed by atoms with Gasteiger partial charge < -0.3 is 19.7 Å². The monoisotopic (exact) mass is 499 g/mol. The highest BCUT2D eigenvalue weighted by atomic mass is 16.6. The highest BCUT2D eigenvalue weighted by Gasteiger charge is 2.58. The number of benzene rings is 1. The maximum atomic E-state index is 13.0. The molecule has 1 unspecified atom stereocenters. The van der Waals surface area contributed by atoms with Gasteiger partial charge in [-0.25, -0.2) is 9.59 Å². The Hall–Kier alpha value is -3.04. The summed E-state index contributed by atoms with van der Waals surface area (Å²) in [6.45, 7) is 8.35. The molecule has 1 aliphatic heterocycles. The number of non-ortho nitro benzene ring substituents is 1. The number of ether oxygens (including phenoxy) is 2. The predicted octanol–water partition coefficient (Wildman–Crippen LogP) is 3.74. The van der Waals surface area contributed by atoms with Crippen LogP contribution in [0.1, 0.15) is 56.3 Å². The van der Waals surface area contributed by atoms with Crippen molar-refractivity contribution in [2.24, 2.45) is 22.7 Å². The second-order valence-electron chi connectivity index (χ2n) is 10.7. The summed E-state index contributed by atoms with van der Waals surface area (Å²) in [6, 6.07) is 5.11. The maximum Gasteiger partial charge on any atom is 0.338 e. The molecule has 1 heterocycles. The second kappa shape index (κ2) is 9.78. The number of nitro groups is 1. The van der Waals surface area contributed by atoms with Crippen molar-refractivity contribution in [1.29, 1.82) is 0 Å². The van der Waals surface area contributed by atoms with E-state index < -0.39 is 34.5 Å². The van der Waals surface area contributed by atoms with E-state index in [1.807, 2.05) is 6.92 Å². The van der Waals surface area contributed by atoms with Crippen molar-refractivity contribution >= 4 is 17.6 Å². The van der Waals surface area contributed by atoms with Gasteiger partial charge in [-0.15, -0.1) is 0 Å². The largest absolute Gasteiger partial charge is 0.458 e. The molecule has 0 bridgehead atoms. The third-order valence-electron chi connectivity index (χ3n) is 8.81. The molecular formula is C27H33NO8. The number of hydrogen-bond donors (Lipinski definition) is 2. The van der Waals surface area contributed by atoms with Crippen LogP contribution in [0.2, 0.25) is 0 Å². The Kier molecular flexibility index (Phi) is 7.07. The van der Waals surface area contributed by atoms with E-state index in [-0.39, 0.29) is 47.3 Å². The number of aliphatic hydroxyl groups excluding tert-OH is 2. The van der Waals surface area contributed by atoms with E-state index in [0.717, 1.165) is 12.0 Å². The van der Waals surface area contributed by atoms with E-state index in [1.54, 1.807) is 6.08 Å². The molecule has 36 heavy (non-hydrogen) atoms.